The average molecular weight is 357 g/mol. The summed E-state index contributed by atoms with van der Waals surface area (Å²) < 4.78 is 10.5. The van der Waals surface area contributed by atoms with Crippen molar-refractivity contribution in [2.75, 3.05) is 26.7 Å². The topological polar surface area (TPSA) is 92.5 Å². The summed E-state index contributed by atoms with van der Waals surface area (Å²) in [6.07, 6.45) is 2.05. The lowest BCUT2D eigenvalue weighted by molar-refractivity contribution is -0.144. The van der Waals surface area contributed by atoms with Crippen molar-refractivity contribution in [3.05, 3.63) is 36.2 Å². The number of hydrazine groups is 1. The van der Waals surface area contributed by atoms with Crippen LogP contribution in [-0.2, 0) is 9.53 Å². The van der Waals surface area contributed by atoms with E-state index < -0.39 is 0 Å². The molecule has 0 radical (unpaired) electrons. The molecule has 2 aromatic rings. The van der Waals surface area contributed by atoms with E-state index in [1.165, 1.54) is 7.11 Å². The number of rotatable bonds is 5. The zero-order valence-corrected chi connectivity index (χ0v) is 14.7. The predicted octanol–water partition coefficient (Wildman–Crippen LogP) is 1.14. The number of carbonyl (C=O) groups excluding carboxylic acids is 1. The van der Waals surface area contributed by atoms with Crippen molar-refractivity contribution < 1.29 is 14.1 Å². The third kappa shape index (κ3) is 3.35. The molecule has 3 unspecified atom stereocenters. The minimum atomic E-state index is -0.330. The Morgan fingerprint density at radius 3 is 3.04 bits per heavy atom. The van der Waals surface area contributed by atoms with Crippen molar-refractivity contribution in [2.24, 2.45) is 5.92 Å². The molecule has 2 saturated heterocycles. The van der Waals surface area contributed by atoms with E-state index in [1.54, 1.807) is 0 Å². The van der Waals surface area contributed by atoms with Crippen LogP contribution >= 0.6 is 0 Å². The first-order valence-electron chi connectivity index (χ1n) is 8.95. The Bertz CT molecular complexity index is 750. The van der Waals surface area contributed by atoms with Crippen LogP contribution in [0, 0.1) is 5.92 Å². The van der Waals surface area contributed by atoms with Gasteiger partial charge in [0.05, 0.1) is 13.2 Å². The fraction of sp³-hybridized carbons (Fsp3) is 0.500. The largest absolute Gasteiger partial charge is 0.468 e. The SMILES string of the molecule is COC(=O)C1NNCC1CN1CCCC1c1nc(-c2ccccc2)no1. The number of hydrogen-bond acceptors (Lipinski definition) is 8. The highest BCUT2D eigenvalue weighted by molar-refractivity contribution is 5.76. The van der Waals surface area contributed by atoms with E-state index in [1.807, 2.05) is 30.3 Å². The summed E-state index contributed by atoms with van der Waals surface area (Å²) in [5, 5.41) is 4.14. The van der Waals surface area contributed by atoms with Crippen LogP contribution in [0.5, 0.6) is 0 Å². The molecule has 2 fully saturated rings. The Kier molecular flexibility index (Phi) is 4.96. The van der Waals surface area contributed by atoms with Crippen LogP contribution in [0.25, 0.3) is 11.4 Å². The van der Waals surface area contributed by atoms with E-state index in [0.717, 1.165) is 38.0 Å². The molecule has 2 aliphatic heterocycles. The van der Waals surface area contributed by atoms with Crippen LogP contribution in [0.15, 0.2) is 34.9 Å². The first-order valence-corrected chi connectivity index (χ1v) is 8.95. The smallest absolute Gasteiger partial charge is 0.324 e. The molecular weight excluding hydrogens is 334 g/mol. The number of carbonyl (C=O) groups is 1. The summed E-state index contributed by atoms with van der Waals surface area (Å²) in [6, 6.07) is 9.59. The van der Waals surface area contributed by atoms with Gasteiger partial charge in [-0.05, 0) is 19.4 Å². The molecule has 1 aromatic heterocycles. The summed E-state index contributed by atoms with van der Waals surface area (Å²) in [6.45, 7) is 2.45. The van der Waals surface area contributed by atoms with Gasteiger partial charge in [-0.2, -0.15) is 4.98 Å². The van der Waals surface area contributed by atoms with Crippen LogP contribution in [0.4, 0.5) is 0 Å². The van der Waals surface area contributed by atoms with Gasteiger partial charge >= 0.3 is 5.97 Å². The molecule has 2 N–H and O–H groups in total. The summed E-state index contributed by atoms with van der Waals surface area (Å²) in [4.78, 5) is 18.9. The molecule has 4 rings (SSSR count). The minimum Gasteiger partial charge on any atom is -0.468 e. The highest BCUT2D eigenvalue weighted by Gasteiger charge is 2.38. The van der Waals surface area contributed by atoms with Gasteiger partial charge in [-0.1, -0.05) is 35.5 Å². The highest BCUT2D eigenvalue weighted by Crippen LogP contribution is 2.33. The van der Waals surface area contributed by atoms with Crippen molar-refractivity contribution in [1.29, 1.82) is 0 Å². The van der Waals surface area contributed by atoms with Crippen LogP contribution in [0.1, 0.15) is 24.8 Å². The van der Waals surface area contributed by atoms with Crippen LogP contribution in [0.2, 0.25) is 0 Å². The molecule has 3 atom stereocenters. The number of methoxy groups -OCH3 is 1. The number of ether oxygens (including phenoxy) is 1. The Morgan fingerprint density at radius 1 is 1.38 bits per heavy atom. The van der Waals surface area contributed by atoms with Crippen molar-refractivity contribution in [3.63, 3.8) is 0 Å². The zero-order chi connectivity index (χ0) is 17.9. The molecule has 1 aromatic carbocycles. The van der Waals surface area contributed by atoms with Gasteiger partial charge in [0, 0.05) is 24.6 Å². The molecule has 8 heteroatoms. The van der Waals surface area contributed by atoms with E-state index in [0.29, 0.717) is 11.7 Å². The van der Waals surface area contributed by atoms with Gasteiger partial charge in [0.2, 0.25) is 11.7 Å². The first kappa shape index (κ1) is 17.1. The third-order valence-electron chi connectivity index (χ3n) is 5.14. The number of hydrogen-bond donors (Lipinski definition) is 2. The van der Waals surface area contributed by atoms with E-state index in [4.69, 9.17) is 9.26 Å². The van der Waals surface area contributed by atoms with Crippen LogP contribution in [0.3, 0.4) is 0 Å². The molecule has 26 heavy (non-hydrogen) atoms. The third-order valence-corrected chi connectivity index (χ3v) is 5.14. The lowest BCUT2D eigenvalue weighted by Gasteiger charge is -2.26. The monoisotopic (exact) mass is 357 g/mol. The molecule has 8 nitrogen and oxygen atoms in total. The molecule has 138 valence electrons. The number of benzene rings is 1. The lowest BCUT2D eigenvalue weighted by Crippen LogP contribution is -2.43. The molecule has 0 spiro atoms. The second-order valence-electron chi connectivity index (χ2n) is 6.76. The fourth-order valence-electron chi connectivity index (χ4n) is 3.78. The molecule has 0 amide bonds. The van der Waals surface area contributed by atoms with Crippen LogP contribution < -0.4 is 10.9 Å². The van der Waals surface area contributed by atoms with Gasteiger partial charge < -0.3 is 9.26 Å². The number of likely N-dealkylation sites (tertiary alicyclic amines) is 1. The fourth-order valence-corrected chi connectivity index (χ4v) is 3.78. The normalized spacial score (nSPS) is 26.3. The number of nitrogens with one attached hydrogen (secondary N) is 2. The molecule has 0 aliphatic carbocycles. The van der Waals surface area contributed by atoms with Gasteiger partial charge in [0.15, 0.2) is 0 Å². The Morgan fingerprint density at radius 2 is 2.23 bits per heavy atom. The molecule has 0 bridgehead atoms. The highest BCUT2D eigenvalue weighted by atomic mass is 16.5. The minimum absolute atomic E-state index is 0.0962. The van der Waals surface area contributed by atoms with Gasteiger partial charge in [-0.15, -0.1) is 0 Å². The van der Waals surface area contributed by atoms with Gasteiger partial charge in [-0.25, -0.2) is 5.43 Å². The van der Waals surface area contributed by atoms with Gasteiger partial charge in [0.1, 0.15) is 6.04 Å². The number of aromatic nitrogens is 2. The summed E-state index contributed by atoms with van der Waals surface area (Å²) in [5.74, 6) is 1.17. The van der Waals surface area contributed by atoms with Gasteiger partial charge in [0.25, 0.3) is 0 Å². The van der Waals surface area contributed by atoms with E-state index in [-0.39, 0.29) is 24.0 Å². The maximum absolute atomic E-state index is 11.9. The lowest BCUT2D eigenvalue weighted by atomic mass is 10.0. The van der Waals surface area contributed by atoms with Crippen LogP contribution in [-0.4, -0.2) is 53.8 Å². The Balaban J connectivity index is 1.47. The Labute approximate surface area is 151 Å². The van der Waals surface area contributed by atoms with Gasteiger partial charge in [-0.3, -0.25) is 15.1 Å². The molecule has 0 saturated carbocycles. The predicted molar refractivity (Wildman–Crippen MR) is 93.7 cm³/mol. The van der Waals surface area contributed by atoms with Crippen molar-refractivity contribution in [3.8, 4) is 11.4 Å². The first-order chi connectivity index (χ1) is 12.8. The average Bonchev–Trinajstić information content (AvgIpc) is 3.42. The van der Waals surface area contributed by atoms with Crippen molar-refractivity contribution in [2.45, 2.75) is 24.9 Å². The van der Waals surface area contributed by atoms with Crippen molar-refractivity contribution >= 4 is 5.97 Å². The van der Waals surface area contributed by atoms with E-state index >= 15 is 0 Å². The Hall–Kier alpha value is -2.29. The summed E-state index contributed by atoms with van der Waals surface area (Å²) >= 11 is 0. The maximum Gasteiger partial charge on any atom is 0.324 e. The van der Waals surface area contributed by atoms with E-state index in [2.05, 4.69) is 25.9 Å². The second-order valence-corrected chi connectivity index (χ2v) is 6.76. The zero-order valence-electron chi connectivity index (χ0n) is 14.7. The molecular formula is C18H23N5O3. The molecule has 3 heterocycles. The maximum atomic E-state index is 11.9. The second kappa shape index (κ2) is 7.53. The standard InChI is InChI=1S/C18H23N5O3/c1-25-18(24)15-13(10-19-21-15)11-23-9-5-8-14(23)17-20-16(22-26-17)12-6-3-2-4-7-12/h2-4,6-7,13-15,19,21H,5,8-11H2,1H3. The number of nitrogens with zero attached hydrogens (tertiary/aromatic N) is 3. The molecule has 2 aliphatic rings. The summed E-state index contributed by atoms with van der Waals surface area (Å²) in [5.41, 5.74) is 7.02. The summed E-state index contributed by atoms with van der Waals surface area (Å²) in [7, 11) is 1.42. The number of esters is 1. The quantitative estimate of drug-likeness (QED) is 0.770. The van der Waals surface area contributed by atoms with E-state index in [9.17, 15) is 4.79 Å². The van der Waals surface area contributed by atoms with Crippen molar-refractivity contribution in [1.82, 2.24) is 25.9 Å².